The van der Waals surface area contributed by atoms with Gasteiger partial charge >= 0.3 is 0 Å². The van der Waals surface area contributed by atoms with Crippen LogP contribution in [-0.2, 0) is 4.74 Å². The Labute approximate surface area is 125 Å². The zero-order chi connectivity index (χ0) is 15.1. The van der Waals surface area contributed by atoms with Crippen molar-refractivity contribution >= 4 is 11.2 Å². The molecule has 1 aliphatic heterocycles. The van der Waals surface area contributed by atoms with E-state index in [0.717, 1.165) is 5.69 Å². The fourth-order valence-electron chi connectivity index (χ4n) is 2.81. The van der Waals surface area contributed by atoms with Crippen molar-refractivity contribution in [3.63, 3.8) is 0 Å². The fourth-order valence-corrected chi connectivity index (χ4v) is 2.81. The minimum Gasteiger partial charge on any atom is -0.394 e. The van der Waals surface area contributed by atoms with E-state index in [-0.39, 0.29) is 12.7 Å². The SMILES string of the molecule is OC[C@@H]1C[C@@H](O)[C@H](n2cnc3c(-c4ccc[nH]4)ncnc32)O1. The minimum absolute atomic E-state index is 0.122. The Morgan fingerprint density at radius 2 is 2.27 bits per heavy atom. The van der Waals surface area contributed by atoms with Crippen LogP contribution in [0.15, 0.2) is 31.0 Å². The van der Waals surface area contributed by atoms with Crippen LogP contribution >= 0.6 is 0 Å². The third-order valence-electron chi connectivity index (χ3n) is 3.86. The number of aromatic amines is 1. The summed E-state index contributed by atoms with van der Waals surface area (Å²) in [6.07, 6.45) is 3.56. The Balaban J connectivity index is 1.80. The molecular weight excluding hydrogens is 286 g/mol. The van der Waals surface area contributed by atoms with E-state index in [4.69, 9.17) is 4.74 Å². The van der Waals surface area contributed by atoms with Crippen LogP contribution in [0.1, 0.15) is 12.6 Å². The summed E-state index contributed by atoms with van der Waals surface area (Å²) in [7, 11) is 0. The first-order valence-corrected chi connectivity index (χ1v) is 7.03. The lowest BCUT2D eigenvalue weighted by molar-refractivity contribution is -0.0486. The van der Waals surface area contributed by atoms with E-state index in [0.29, 0.717) is 23.3 Å². The maximum absolute atomic E-state index is 10.1. The molecule has 3 aromatic rings. The number of hydrogen-bond acceptors (Lipinski definition) is 6. The van der Waals surface area contributed by atoms with Crippen LogP contribution in [0.2, 0.25) is 0 Å². The summed E-state index contributed by atoms with van der Waals surface area (Å²) in [5.41, 5.74) is 2.76. The fraction of sp³-hybridized carbons (Fsp3) is 0.357. The van der Waals surface area contributed by atoms with Crippen molar-refractivity contribution in [2.75, 3.05) is 6.61 Å². The largest absolute Gasteiger partial charge is 0.394 e. The Morgan fingerprint density at radius 3 is 3.00 bits per heavy atom. The molecule has 3 N–H and O–H groups in total. The summed E-state index contributed by atoms with van der Waals surface area (Å²) in [5, 5.41) is 19.3. The standard InChI is InChI=1S/C14H15N5O3/c20-5-8-4-10(21)14(22-8)19-7-18-12-11(9-2-1-3-15-9)16-6-17-13(12)19/h1-3,6-8,10,14-15,20-21H,4-5H2/t8-,10+,14+/m0/s1. The summed E-state index contributed by atoms with van der Waals surface area (Å²) < 4.78 is 7.34. The van der Waals surface area contributed by atoms with Crippen LogP contribution in [-0.4, -0.2) is 53.5 Å². The van der Waals surface area contributed by atoms with E-state index >= 15 is 0 Å². The third-order valence-corrected chi connectivity index (χ3v) is 3.86. The lowest BCUT2D eigenvalue weighted by Crippen LogP contribution is -2.19. The van der Waals surface area contributed by atoms with E-state index in [1.54, 1.807) is 10.9 Å². The molecule has 1 aliphatic rings. The topological polar surface area (TPSA) is 109 Å². The van der Waals surface area contributed by atoms with Crippen molar-refractivity contribution in [2.45, 2.75) is 24.9 Å². The molecule has 4 heterocycles. The van der Waals surface area contributed by atoms with Crippen LogP contribution < -0.4 is 0 Å². The van der Waals surface area contributed by atoms with Gasteiger partial charge in [-0.15, -0.1) is 0 Å². The first-order valence-electron chi connectivity index (χ1n) is 7.03. The molecule has 114 valence electrons. The summed E-state index contributed by atoms with van der Waals surface area (Å²) in [5.74, 6) is 0. The molecular formula is C14H15N5O3. The molecule has 0 aliphatic carbocycles. The average molecular weight is 301 g/mol. The van der Waals surface area contributed by atoms with Crippen LogP contribution in [0.3, 0.4) is 0 Å². The molecule has 4 rings (SSSR count). The molecule has 0 radical (unpaired) electrons. The van der Waals surface area contributed by atoms with Crippen molar-refractivity contribution < 1.29 is 14.9 Å². The smallest absolute Gasteiger partial charge is 0.166 e. The number of aromatic nitrogens is 5. The van der Waals surface area contributed by atoms with Gasteiger partial charge in [0.2, 0.25) is 0 Å². The summed E-state index contributed by atoms with van der Waals surface area (Å²) >= 11 is 0. The Hall–Kier alpha value is -2.29. The first kappa shape index (κ1) is 13.4. The Morgan fingerprint density at radius 1 is 1.36 bits per heavy atom. The number of nitrogens with one attached hydrogen (secondary N) is 1. The molecule has 0 amide bonds. The van der Waals surface area contributed by atoms with Gasteiger partial charge in [0.15, 0.2) is 11.9 Å². The predicted molar refractivity (Wildman–Crippen MR) is 76.7 cm³/mol. The zero-order valence-electron chi connectivity index (χ0n) is 11.6. The molecule has 8 heteroatoms. The molecule has 0 aromatic carbocycles. The van der Waals surface area contributed by atoms with Crippen molar-refractivity contribution in [1.29, 1.82) is 0 Å². The first-order chi connectivity index (χ1) is 10.8. The molecule has 0 saturated carbocycles. The van der Waals surface area contributed by atoms with E-state index in [2.05, 4.69) is 19.9 Å². The quantitative estimate of drug-likeness (QED) is 0.648. The van der Waals surface area contributed by atoms with Crippen LogP contribution in [0, 0.1) is 0 Å². The molecule has 0 unspecified atom stereocenters. The molecule has 3 aromatic heterocycles. The summed E-state index contributed by atoms with van der Waals surface area (Å²) in [4.78, 5) is 16.0. The third kappa shape index (κ3) is 2.00. The number of imidazole rings is 1. The van der Waals surface area contributed by atoms with Gasteiger partial charge in [-0.2, -0.15) is 0 Å². The highest BCUT2D eigenvalue weighted by Crippen LogP contribution is 2.32. The lowest BCUT2D eigenvalue weighted by Gasteiger charge is -2.16. The molecule has 8 nitrogen and oxygen atoms in total. The maximum Gasteiger partial charge on any atom is 0.166 e. The van der Waals surface area contributed by atoms with E-state index in [1.165, 1.54) is 6.33 Å². The van der Waals surface area contributed by atoms with E-state index in [1.807, 2.05) is 18.3 Å². The number of fused-ring (bicyclic) bond motifs is 1. The molecule has 0 spiro atoms. The van der Waals surface area contributed by atoms with Gasteiger partial charge < -0.3 is 19.9 Å². The van der Waals surface area contributed by atoms with Gasteiger partial charge in [-0.1, -0.05) is 0 Å². The number of nitrogens with zero attached hydrogens (tertiary/aromatic N) is 4. The molecule has 1 saturated heterocycles. The normalized spacial score (nSPS) is 25.1. The molecule has 22 heavy (non-hydrogen) atoms. The van der Waals surface area contributed by atoms with Gasteiger partial charge in [0, 0.05) is 12.6 Å². The highest BCUT2D eigenvalue weighted by atomic mass is 16.5. The minimum atomic E-state index is -0.710. The second-order valence-corrected chi connectivity index (χ2v) is 5.26. The van der Waals surface area contributed by atoms with Crippen molar-refractivity contribution in [1.82, 2.24) is 24.5 Å². The molecule has 1 fully saturated rings. The lowest BCUT2D eigenvalue weighted by atomic mass is 10.2. The number of H-pyrrole nitrogens is 1. The van der Waals surface area contributed by atoms with Gasteiger partial charge in [0.1, 0.15) is 23.6 Å². The van der Waals surface area contributed by atoms with Crippen LogP contribution in [0.25, 0.3) is 22.6 Å². The number of rotatable bonds is 3. The number of ether oxygens (including phenoxy) is 1. The van der Waals surface area contributed by atoms with Gasteiger partial charge in [0.25, 0.3) is 0 Å². The number of hydrogen-bond donors (Lipinski definition) is 3. The summed E-state index contributed by atoms with van der Waals surface area (Å²) in [6.45, 7) is -0.122. The predicted octanol–water partition coefficient (Wildman–Crippen LogP) is 0.462. The van der Waals surface area contributed by atoms with Gasteiger partial charge in [0.05, 0.1) is 24.7 Å². The second-order valence-electron chi connectivity index (χ2n) is 5.26. The monoisotopic (exact) mass is 301 g/mol. The van der Waals surface area contributed by atoms with Crippen LogP contribution in [0.5, 0.6) is 0 Å². The van der Waals surface area contributed by atoms with Crippen molar-refractivity contribution in [3.8, 4) is 11.4 Å². The molecule has 0 bridgehead atoms. The highest BCUT2D eigenvalue weighted by molar-refractivity contribution is 5.85. The van der Waals surface area contributed by atoms with E-state index in [9.17, 15) is 10.2 Å². The Bertz CT molecular complexity index is 785. The van der Waals surface area contributed by atoms with Gasteiger partial charge in [-0.25, -0.2) is 15.0 Å². The van der Waals surface area contributed by atoms with E-state index < -0.39 is 12.3 Å². The highest BCUT2D eigenvalue weighted by Gasteiger charge is 2.36. The van der Waals surface area contributed by atoms with Crippen LogP contribution in [0.4, 0.5) is 0 Å². The van der Waals surface area contributed by atoms with Gasteiger partial charge in [-0.05, 0) is 12.1 Å². The summed E-state index contributed by atoms with van der Waals surface area (Å²) in [6, 6.07) is 3.79. The van der Waals surface area contributed by atoms with Crippen molar-refractivity contribution in [3.05, 3.63) is 31.0 Å². The van der Waals surface area contributed by atoms with Crippen molar-refractivity contribution in [2.24, 2.45) is 0 Å². The molecule has 3 atom stereocenters. The second kappa shape index (κ2) is 5.16. The van der Waals surface area contributed by atoms with Gasteiger partial charge in [-0.3, -0.25) is 4.57 Å². The average Bonchev–Trinajstić information content (AvgIpc) is 3.25. The Kier molecular flexibility index (Phi) is 3.14. The number of aliphatic hydroxyl groups is 2. The number of aliphatic hydroxyl groups excluding tert-OH is 2. The maximum atomic E-state index is 10.1. The zero-order valence-corrected chi connectivity index (χ0v) is 11.6.